The number of ether oxygens (including phenoxy) is 3. The lowest BCUT2D eigenvalue weighted by molar-refractivity contribution is -0.108. The molecule has 0 saturated heterocycles. The molecule has 0 aromatic heterocycles. The molecule has 0 aromatic carbocycles. The molecule has 0 aliphatic heterocycles. The molecule has 9 aliphatic rings. The Bertz CT molecular complexity index is 1070. The molecular weight excluding hydrogens is 532 g/mol. The molecule has 6 bridgehead atoms. The Hall–Kier alpha value is -1.65. The second-order valence-corrected chi connectivity index (χ2v) is 15.9. The Morgan fingerprint density at radius 3 is 1.56 bits per heavy atom. The van der Waals surface area contributed by atoms with Crippen molar-refractivity contribution < 1.29 is 19.0 Å². The molecule has 0 aromatic rings. The van der Waals surface area contributed by atoms with E-state index in [4.69, 9.17) is 14.2 Å². The predicted octanol–water partition coefficient (Wildman–Crippen LogP) is 9.86. The van der Waals surface area contributed by atoms with Crippen molar-refractivity contribution in [1.82, 2.24) is 0 Å². The summed E-state index contributed by atoms with van der Waals surface area (Å²) in [5.74, 6) is 5.23. The maximum Gasteiger partial charge on any atom is 0.157 e. The van der Waals surface area contributed by atoms with Crippen molar-refractivity contribution in [2.45, 2.75) is 118 Å². The van der Waals surface area contributed by atoms with Crippen LogP contribution in [-0.4, -0.2) is 33.9 Å². The lowest BCUT2D eigenvalue weighted by Crippen LogP contribution is -2.48. The summed E-state index contributed by atoms with van der Waals surface area (Å²) in [6.07, 6.45) is 25.1. The van der Waals surface area contributed by atoms with Gasteiger partial charge in [-0.15, -0.1) is 0 Å². The van der Waals surface area contributed by atoms with E-state index in [9.17, 15) is 4.79 Å². The van der Waals surface area contributed by atoms with Crippen LogP contribution in [0, 0.1) is 51.8 Å². The van der Waals surface area contributed by atoms with Crippen LogP contribution >= 0.6 is 0 Å². The molecule has 9 aliphatic carbocycles. The highest BCUT2D eigenvalue weighted by Gasteiger charge is 2.52. The molecule has 242 valence electrons. The van der Waals surface area contributed by atoms with Gasteiger partial charge in [0.15, 0.2) is 6.29 Å². The molecule has 9 rings (SSSR count). The normalized spacial score (nSPS) is 33.1. The first kappa shape index (κ1) is 34.2. The van der Waals surface area contributed by atoms with Gasteiger partial charge in [-0.3, -0.25) is 0 Å². The van der Waals surface area contributed by atoms with Gasteiger partial charge in [-0.1, -0.05) is 76.5 Å². The van der Waals surface area contributed by atoms with Gasteiger partial charge < -0.3 is 19.0 Å². The SMILES string of the molecule is CC1(C)C2CC=C(CCC=O)C1C2.CO/C=C/CC1=CCC2CC1C2(C)C.COC(CCC1=CCC2CC1C2(C)C)OC. The summed E-state index contributed by atoms with van der Waals surface area (Å²) in [5.41, 5.74) is 6.45. The van der Waals surface area contributed by atoms with Crippen LogP contribution in [0.15, 0.2) is 47.3 Å². The average molecular weight is 595 g/mol. The van der Waals surface area contributed by atoms with Crippen molar-refractivity contribution in [3.05, 3.63) is 47.3 Å². The van der Waals surface area contributed by atoms with E-state index in [1.807, 2.05) is 0 Å². The van der Waals surface area contributed by atoms with Crippen LogP contribution in [0.5, 0.6) is 0 Å². The van der Waals surface area contributed by atoms with Crippen molar-refractivity contribution in [1.29, 1.82) is 0 Å². The van der Waals surface area contributed by atoms with E-state index < -0.39 is 0 Å². The van der Waals surface area contributed by atoms with Crippen LogP contribution in [0.4, 0.5) is 0 Å². The third-order valence-electron chi connectivity index (χ3n) is 13.1. The van der Waals surface area contributed by atoms with E-state index in [-0.39, 0.29) is 6.29 Å². The standard InChI is InChI=1S/C14H24O2.C13H20O.C12H18O/c1-14(2)11-7-5-10(12(14)9-11)6-8-13(15-3)16-4;1-13(2)11-7-6-10(12(13)9-11)5-4-8-14-3;1-12(2)10-6-5-9(4-3-7-13)11(12)8-10/h5,11-13H,6-9H2,1-4H3;4,6,8,11-12H,5,7,9H2,1-3H3;5,7,10-11H,3-4,6,8H2,1-2H3/b;8-4+;. The predicted molar refractivity (Wildman–Crippen MR) is 177 cm³/mol. The van der Waals surface area contributed by atoms with Crippen molar-refractivity contribution in [2.75, 3.05) is 21.3 Å². The molecule has 0 radical (unpaired) electrons. The van der Waals surface area contributed by atoms with Gasteiger partial charge in [0.25, 0.3) is 0 Å². The molecule has 6 unspecified atom stereocenters. The number of rotatable bonds is 11. The summed E-state index contributed by atoms with van der Waals surface area (Å²) in [6, 6.07) is 0. The van der Waals surface area contributed by atoms with Crippen LogP contribution < -0.4 is 0 Å². The summed E-state index contributed by atoms with van der Waals surface area (Å²) in [4.78, 5) is 10.3. The fourth-order valence-corrected chi connectivity index (χ4v) is 9.34. The molecule has 3 fully saturated rings. The summed E-state index contributed by atoms with van der Waals surface area (Å²) in [7, 11) is 5.13. The van der Waals surface area contributed by atoms with Crippen LogP contribution in [0.25, 0.3) is 0 Å². The van der Waals surface area contributed by atoms with E-state index >= 15 is 0 Å². The topological polar surface area (TPSA) is 44.8 Å². The van der Waals surface area contributed by atoms with Crippen LogP contribution in [0.3, 0.4) is 0 Å². The lowest BCUT2D eigenvalue weighted by atomic mass is 9.48. The smallest absolute Gasteiger partial charge is 0.157 e. The fourth-order valence-electron chi connectivity index (χ4n) is 9.34. The first-order valence-corrected chi connectivity index (χ1v) is 17.1. The quantitative estimate of drug-likeness (QED) is 0.103. The number of carbonyl (C=O) groups is 1. The number of methoxy groups -OCH3 is 3. The molecule has 6 atom stereocenters. The Morgan fingerprint density at radius 2 is 1.16 bits per heavy atom. The van der Waals surface area contributed by atoms with Crippen molar-refractivity contribution in [3.8, 4) is 0 Å². The third-order valence-corrected chi connectivity index (χ3v) is 13.1. The van der Waals surface area contributed by atoms with Gasteiger partial charge in [0, 0.05) is 27.1 Å². The highest BCUT2D eigenvalue weighted by Crippen LogP contribution is 2.61. The average Bonchev–Trinajstić information content (AvgIpc) is 3.01. The van der Waals surface area contributed by atoms with Gasteiger partial charge in [0.05, 0.1) is 13.4 Å². The van der Waals surface area contributed by atoms with Crippen LogP contribution in [-0.2, 0) is 19.0 Å². The molecule has 0 amide bonds. The largest absolute Gasteiger partial charge is 0.505 e. The van der Waals surface area contributed by atoms with Gasteiger partial charge in [-0.2, -0.15) is 0 Å². The Kier molecular flexibility index (Phi) is 11.3. The molecule has 0 N–H and O–H groups in total. The van der Waals surface area contributed by atoms with E-state index in [0.29, 0.717) is 22.7 Å². The monoisotopic (exact) mass is 594 g/mol. The van der Waals surface area contributed by atoms with Crippen molar-refractivity contribution in [2.24, 2.45) is 51.8 Å². The second-order valence-electron chi connectivity index (χ2n) is 15.9. The maximum absolute atomic E-state index is 10.3. The van der Waals surface area contributed by atoms with Gasteiger partial charge in [0.1, 0.15) is 6.29 Å². The summed E-state index contributed by atoms with van der Waals surface area (Å²) in [6.45, 7) is 14.4. The lowest BCUT2D eigenvalue weighted by Gasteiger charge is -2.56. The van der Waals surface area contributed by atoms with Gasteiger partial charge in [-0.05, 0) is 116 Å². The minimum absolute atomic E-state index is 0.0400. The van der Waals surface area contributed by atoms with Gasteiger partial charge in [0.2, 0.25) is 0 Å². The Labute approximate surface area is 263 Å². The molecule has 0 heterocycles. The summed E-state index contributed by atoms with van der Waals surface area (Å²) < 4.78 is 15.4. The zero-order valence-corrected chi connectivity index (χ0v) is 28.9. The molecule has 4 nitrogen and oxygen atoms in total. The van der Waals surface area contributed by atoms with Gasteiger partial charge >= 0.3 is 0 Å². The first-order valence-electron chi connectivity index (χ1n) is 17.1. The molecular formula is C39H62O4. The number of aldehydes is 1. The number of hydrogen-bond donors (Lipinski definition) is 0. The van der Waals surface area contributed by atoms with E-state index in [2.05, 4.69) is 65.8 Å². The zero-order valence-electron chi connectivity index (χ0n) is 28.9. The first-order chi connectivity index (χ1) is 20.4. The summed E-state index contributed by atoms with van der Waals surface area (Å²) in [5, 5.41) is 0. The van der Waals surface area contributed by atoms with E-state index in [0.717, 1.165) is 67.5 Å². The molecule has 3 saturated carbocycles. The second kappa shape index (κ2) is 14.2. The van der Waals surface area contributed by atoms with Crippen LogP contribution in [0.2, 0.25) is 0 Å². The highest BCUT2D eigenvalue weighted by molar-refractivity contribution is 5.50. The fraction of sp³-hybridized carbons (Fsp3) is 0.769. The molecule has 4 heteroatoms. The molecule has 0 spiro atoms. The highest BCUT2D eigenvalue weighted by atomic mass is 16.7. The van der Waals surface area contributed by atoms with Crippen LogP contribution in [0.1, 0.15) is 112 Å². The summed E-state index contributed by atoms with van der Waals surface area (Å²) >= 11 is 0. The number of hydrogen-bond acceptors (Lipinski definition) is 4. The van der Waals surface area contributed by atoms with Crippen molar-refractivity contribution in [3.63, 3.8) is 0 Å². The third kappa shape index (κ3) is 7.11. The maximum atomic E-state index is 10.3. The van der Waals surface area contributed by atoms with E-state index in [1.165, 1.54) is 38.5 Å². The number of carbonyl (C=O) groups excluding carboxylic acids is 1. The zero-order chi connectivity index (χ0) is 31.4. The van der Waals surface area contributed by atoms with Crippen molar-refractivity contribution >= 4 is 6.29 Å². The Balaban J connectivity index is 0.000000148. The molecule has 43 heavy (non-hydrogen) atoms. The minimum atomic E-state index is -0.0400. The number of fused-ring (bicyclic) bond motifs is 3. The van der Waals surface area contributed by atoms with E-state index in [1.54, 1.807) is 44.3 Å². The number of allylic oxidation sites excluding steroid dienone is 7. The van der Waals surface area contributed by atoms with Gasteiger partial charge in [-0.25, -0.2) is 0 Å². The Morgan fingerprint density at radius 1 is 0.721 bits per heavy atom. The minimum Gasteiger partial charge on any atom is -0.505 e.